The largest absolute Gasteiger partial charge is 0.335 e. The predicted molar refractivity (Wildman–Crippen MR) is 74.5 cm³/mol. The molecule has 0 saturated heterocycles. The second-order valence-corrected chi connectivity index (χ2v) is 5.41. The Hall–Kier alpha value is -1.09. The molecule has 0 aromatic heterocycles. The number of hydrogen-bond acceptors (Lipinski definition) is 1. The van der Waals surface area contributed by atoms with Crippen LogP contribution in [0.4, 0.5) is 4.39 Å². The first-order valence-corrected chi connectivity index (χ1v) is 7.34. The second kappa shape index (κ2) is 6.90. The van der Waals surface area contributed by atoms with Gasteiger partial charge in [0, 0.05) is 24.9 Å². The number of unbranched alkanes of at least 4 members (excludes halogenated alkanes) is 1. The highest BCUT2D eigenvalue weighted by Gasteiger charge is 2.32. The van der Waals surface area contributed by atoms with Crippen molar-refractivity contribution in [2.45, 2.75) is 44.7 Å². The number of halogens is 2. The van der Waals surface area contributed by atoms with Crippen molar-refractivity contribution in [3.63, 3.8) is 0 Å². The molecule has 0 bridgehead atoms. The van der Waals surface area contributed by atoms with Crippen LogP contribution in [0.5, 0.6) is 0 Å². The van der Waals surface area contributed by atoms with Crippen LogP contribution in [-0.4, -0.2) is 22.7 Å². The van der Waals surface area contributed by atoms with Gasteiger partial charge in [-0.1, -0.05) is 12.1 Å². The third-order valence-corrected chi connectivity index (χ3v) is 3.59. The fourth-order valence-corrected chi connectivity index (χ4v) is 2.34. The van der Waals surface area contributed by atoms with E-state index < -0.39 is 0 Å². The molecule has 0 radical (unpaired) electrons. The molecule has 104 valence electrons. The van der Waals surface area contributed by atoms with Crippen molar-refractivity contribution < 1.29 is 9.18 Å². The monoisotopic (exact) mass is 283 g/mol. The Balaban J connectivity index is 1.94. The molecule has 2 rings (SSSR count). The third kappa shape index (κ3) is 4.50. The second-order valence-electron chi connectivity index (χ2n) is 5.03. The molecule has 0 N–H and O–H groups in total. The molecule has 0 aliphatic heterocycles. The zero-order valence-corrected chi connectivity index (χ0v) is 11.7. The molecule has 1 aromatic rings. The van der Waals surface area contributed by atoms with E-state index in [-0.39, 0.29) is 11.7 Å². The summed E-state index contributed by atoms with van der Waals surface area (Å²) < 4.78 is 13.2. The molecule has 0 spiro atoms. The summed E-state index contributed by atoms with van der Waals surface area (Å²) in [6.07, 6.45) is 4.37. The molecule has 1 saturated carbocycles. The van der Waals surface area contributed by atoms with E-state index in [9.17, 15) is 9.18 Å². The number of rotatable bonds is 7. The van der Waals surface area contributed by atoms with Gasteiger partial charge in [-0.05, 0) is 43.4 Å². The van der Waals surface area contributed by atoms with Gasteiger partial charge in [-0.15, -0.1) is 11.6 Å². The molecule has 0 unspecified atom stereocenters. The first kappa shape index (κ1) is 14.3. The minimum Gasteiger partial charge on any atom is -0.335 e. The number of carbonyl (C=O) groups is 1. The minimum atomic E-state index is -0.247. The lowest BCUT2D eigenvalue weighted by molar-refractivity contribution is -0.132. The summed E-state index contributed by atoms with van der Waals surface area (Å²) in [4.78, 5) is 14.1. The van der Waals surface area contributed by atoms with Gasteiger partial charge in [0.1, 0.15) is 5.82 Å². The Morgan fingerprint density at radius 3 is 2.79 bits per heavy atom. The molecule has 19 heavy (non-hydrogen) atoms. The van der Waals surface area contributed by atoms with Crippen LogP contribution in [0.15, 0.2) is 24.3 Å². The van der Waals surface area contributed by atoms with Gasteiger partial charge in [-0.2, -0.15) is 0 Å². The lowest BCUT2D eigenvalue weighted by Gasteiger charge is -2.22. The number of alkyl halides is 1. The lowest BCUT2D eigenvalue weighted by Crippen LogP contribution is -2.32. The number of amides is 1. The summed E-state index contributed by atoms with van der Waals surface area (Å²) in [6.45, 7) is 0.516. The summed E-state index contributed by atoms with van der Waals surface area (Å²) >= 11 is 5.62. The molecular weight excluding hydrogens is 265 g/mol. The molecule has 2 nitrogen and oxygen atoms in total. The van der Waals surface area contributed by atoms with Crippen LogP contribution in [0.2, 0.25) is 0 Å². The van der Waals surface area contributed by atoms with Gasteiger partial charge in [-0.3, -0.25) is 4.79 Å². The smallest absolute Gasteiger partial charge is 0.223 e. The van der Waals surface area contributed by atoms with E-state index in [0.717, 1.165) is 31.2 Å². The molecule has 1 aromatic carbocycles. The van der Waals surface area contributed by atoms with Crippen molar-refractivity contribution in [2.75, 3.05) is 5.88 Å². The molecule has 1 amide bonds. The third-order valence-electron chi connectivity index (χ3n) is 3.32. The van der Waals surface area contributed by atoms with E-state index in [1.807, 2.05) is 11.0 Å². The van der Waals surface area contributed by atoms with E-state index >= 15 is 0 Å². The van der Waals surface area contributed by atoms with Crippen molar-refractivity contribution in [1.82, 2.24) is 4.90 Å². The first-order valence-electron chi connectivity index (χ1n) is 6.80. The average molecular weight is 284 g/mol. The Morgan fingerprint density at radius 2 is 2.16 bits per heavy atom. The number of benzene rings is 1. The number of nitrogens with zero attached hydrogens (tertiary/aromatic N) is 1. The van der Waals surface area contributed by atoms with Crippen molar-refractivity contribution in [2.24, 2.45) is 0 Å². The lowest BCUT2D eigenvalue weighted by atomic mass is 10.1. The van der Waals surface area contributed by atoms with Gasteiger partial charge in [-0.25, -0.2) is 4.39 Å². The SMILES string of the molecule is O=C(CCCCCl)N(Cc1cccc(F)c1)C1CC1. The highest BCUT2D eigenvalue weighted by molar-refractivity contribution is 6.17. The summed E-state index contributed by atoms with van der Waals surface area (Å²) in [7, 11) is 0. The van der Waals surface area contributed by atoms with Crippen LogP contribution >= 0.6 is 11.6 Å². The number of carbonyl (C=O) groups excluding carboxylic acids is 1. The molecule has 0 atom stereocenters. The fourth-order valence-electron chi connectivity index (χ4n) is 2.15. The molecule has 1 fully saturated rings. The van der Waals surface area contributed by atoms with Gasteiger partial charge in [0.25, 0.3) is 0 Å². The van der Waals surface area contributed by atoms with E-state index in [0.29, 0.717) is 24.9 Å². The quantitative estimate of drug-likeness (QED) is 0.552. The van der Waals surface area contributed by atoms with Crippen LogP contribution in [0, 0.1) is 5.82 Å². The van der Waals surface area contributed by atoms with Crippen molar-refractivity contribution in [1.29, 1.82) is 0 Å². The van der Waals surface area contributed by atoms with Gasteiger partial charge >= 0.3 is 0 Å². The van der Waals surface area contributed by atoms with E-state index in [4.69, 9.17) is 11.6 Å². The maximum atomic E-state index is 13.2. The highest BCUT2D eigenvalue weighted by atomic mass is 35.5. The van der Waals surface area contributed by atoms with Crippen molar-refractivity contribution in [3.8, 4) is 0 Å². The standard InChI is InChI=1S/C15H19ClFNO/c16-9-2-1-6-15(19)18(14-7-8-14)11-12-4-3-5-13(17)10-12/h3-5,10,14H,1-2,6-9,11H2. The average Bonchev–Trinajstić information content (AvgIpc) is 3.20. The van der Waals surface area contributed by atoms with Gasteiger partial charge in [0.05, 0.1) is 0 Å². The van der Waals surface area contributed by atoms with Crippen molar-refractivity contribution in [3.05, 3.63) is 35.6 Å². The van der Waals surface area contributed by atoms with E-state index in [1.165, 1.54) is 12.1 Å². The summed E-state index contributed by atoms with van der Waals surface area (Å²) in [5, 5.41) is 0. The highest BCUT2D eigenvalue weighted by Crippen LogP contribution is 2.29. The minimum absolute atomic E-state index is 0.164. The van der Waals surface area contributed by atoms with Crippen LogP contribution in [0.25, 0.3) is 0 Å². The normalized spacial score (nSPS) is 14.4. The van der Waals surface area contributed by atoms with E-state index in [2.05, 4.69) is 0 Å². The first-order chi connectivity index (χ1) is 9.20. The van der Waals surface area contributed by atoms with Gasteiger partial charge in [0.15, 0.2) is 0 Å². The van der Waals surface area contributed by atoms with Crippen LogP contribution in [-0.2, 0) is 11.3 Å². The van der Waals surface area contributed by atoms with Crippen LogP contribution < -0.4 is 0 Å². The maximum absolute atomic E-state index is 13.2. The Kier molecular flexibility index (Phi) is 5.20. The Morgan fingerprint density at radius 1 is 1.37 bits per heavy atom. The van der Waals surface area contributed by atoms with Crippen LogP contribution in [0.3, 0.4) is 0 Å². The predicted octanol–water partition coefficient (Wildman–Crippen LogP) is 3.73. The fraction of sp³-hybridized carbons (Fsp3) is 0.533. The summed E-state index contributed by atoms with van der Waals surface area (Å²) in [5.41, 5.74) is 0.859. The Bertz CT molecular complexity index is 434. The topological polar surface area (TPSA) is 20.3 Å². The molecular formula is C15H19ClFNO. The molecule has 1 aliphatic carbocycles. The van der Waals surface area contributed by atoms with Gasteiger partial charge in [0.2, 0.25) is 5.91 Å². The van der Waals surface area contributed by atoms with E-state index in [1.54, 1.807) is 6.07 Å². The molecule has 4 heteroatoms. The van der Waals surface area contributed by atoms with Crippen LogP contribution in [0.1, 0.15) is 37.7 Å². The Labute approximate surface area is 118 Å². The van der Waals surface area contributed by atoms with Gasteiger partial charge < -0.3 is 4.90 Å². The number of hydrogen-bond donors (Lipinski definition) is 0. The summed E-state index contributed by atoms with van der Waals surface area (Å²) in [5.74, 6) is 0.514. The molecule has 1 aliphatic rings. The molecule has 0 heterocycles. The summed E-state index contributed by atoms with van der Waals surface area (Å²) in [6, 6.07) is 6.83. The van der Waals surface area contributed by atoms with Crippen molar-refractivity contribution >= 4 is 17.5 Å². The zero-order valence-electron chi connectivity index (χ0n) is 10.9. The maximum Gasteiger partial charge on any atom is 0.223 e. The zero-order chi connectivity index (χ0) is 13.7.